The van der Waals surface area contributed by atoms with Crippen molar-refractivity contribution in [3.05, 3.63) is 29.8 Å². The van der Waals surface area contributed by atoms with Gasteiger partial charge in [-0.15, -0.1) is 0 Å². The Morgan fingerprint density at radius 3 is 2.46 bits per heavy atom. The first-order chi connectivity index (χ1) is 6.26. The van der Waals surface area contributed by atoms with Crippen molar-refractivity contribution in [3.63, 3.8) is 0 Å². The molecule has 0 N–H and O–H groups in total. The fraction of sp³-hybridized carbons (Fsp3) is 0. The molecule has 0 heterocycles. The summed E-state index contributed by atoms with van der Waals surface area (Å²) in [5, 5.41) is 8.44. The van der Waals surface area contributed by atoms with Crippen molar-refractivity contribution in [2.75, 3.05) is 0 Å². The van der Waals surface area contributed by atoms with E-state index in [1.54, 1.807) is 0 Å². The number of esters is 1. The van der Waals surface area contributed by atoms with Crippen LogP contribution in [0, 0.1) is 11.3 Å². The van der Waals surface area contributed by atoms with Crippen LogP contribution in [0.1, 0.15) is 5.56 Å². The Bertz CT molecular complexity index is 361. The van der Waals surface area contributed by atoms with E-state index < -0.39 is 5.97 Å². The van der Waals surface area contributed by atoms with Crippen LogP contribution in [-0.2, 0) is 9.59 Å². The van der Waals surface area contributed by atoms with Crippen molar-refractivity contribution in [1.29, 1.82) is 5.26 Å². The number of carbonyl (C=O) groups excluding carboxylic acids is 2. The van der Waals surface area contributed by atoms with Crippen LogP contribution in [0.25, 0.3) is 0 Å². The lowest BCUT2D eigenvalue weighted by atomic mass is 10.2. The van der Waals surface area contributed by atoms with Crippen LogP contribution in [0.15, 0.2) is 24.3 Å². The highest BCUT2D eigenvalue weighted by molar-refractivity contribution is 6.21. The summed E-state index contributed by atoms with van der Waals surface area (Å²) in [6.45, 7) is 0. The predicted molar refractivity (Wildman–Crippen MR) is 42.9 cm³/mol. The van der Waals surface area contributed by atoms with Crippen LogP contribution in [0.2, 0.25) is 0 Å². The van der Waals surface area contributed by atoms with Crippen molar-refractivity contribution in [1.82, 2.24) is 0 Å². The highest BCUT2D eigenvalue weighted by Crippen LogP contribution is 2.10. The van der Waals surface area contributed by atoms with Crippen LogP contribution in [0.4, 0.5) is 0 Å². The van der Waals surface area contributed by atoms with Gasteiger partial charge in [0.2, 0.25) is 6.29 Å². The van der Waals surface area contributed by atoms with E-state index in [9.17, 15) is 9.59 Å². The second-order valence-electron chi connectivity index (χ2n) is 2.18. The summed E-state index contributed by atoms with van der Waals surface area (Å²) in [6, 6.07) is 7.79. The zero-order valence-corrected chi connectivity index (χ0v) is 6.56. The molecule has 0 saturated heterocycles. The van der Waals surface area contributed by atoms with E-state index in [0.717, 1.165) is 0 Å². The molecule has 1 aromatic carbocycles. The van der Waals surface area contributed by atoms with E-state index in [0.29, 0.717) is 5.56 Å². The van der Waals surface area contributed by atoms with Gasteiger partial charge in [-0.25, -0.2) is 4.79 Å². The molecule has 0 unspecified atom stereocenters. The van der Waals surface area contributed by atoms with Gasteiger partial charge in [-0.1, -0.05) is 0 Å². The SMILES string of the molecule is N#Cc1ccc(OC(=O)C=O)cc1. The van der Waals surface area contributed by atoms with Gasteiger partial charge >= 0.3 is 5.97 Å². The zero-order chi connectivity index (χ0) is 9.68. The summed E-state index contributed by atoms with van der Waals surface area (Å²) < 4.78 is 4.55. The van der Waals surface area contributed by atoms with E-state index in [2.05, 4.69) is 4.74 Å². The lowest BCUT2D eigenvalue weighted by molar-refractivity contribution is -0.141. The molecule has 0 aliphatic carbocycles. The summed E-state index contributed by atoms with van der Waals surface area (Å²) in [7, 11) is 0. The molecule has 1 rings (SSSR count). The molecule has 0 spiro atoms. The quantitative estimate of drug-likeness (QED) is 0.286. The molecule has 0 aliphatic heterocycles. The van der Waals surface area contributed by atoms with E-state index >= 15 is 0 Å². The lowest BCUT2D eigenvalue weighted by Gasteiger charge is -1.98. The molecular formula is C9H5NO3. The second-order valence-corrected chi connectivity index (χ2v) is 2.18. The Labute approximate surface area is 74.4 Å². The van der Waals surface area contributed by atoms with Crippen molar-refractivity contribution in [2.24, 2.45) is 0 Å². The molecule has 64 valence electrons. The topological polar surface area (TPSA) is 67.2 Å². The fourth-order valence-corrected chi connectivity index (χ4v) is 0.738. The summed E-state index contributed by atoms with van der Waals surface area (Å²) in [5.41, 5.74) is 0.464. The van der Waals surface area contributed by atoms with Gasteiger partial charge in [-0.2, -0.15) is 5.26 Å². The fourth-order valence-electron chi connectivity index (χ4n) is 0.738. The third kappa shape index (κ3) is 2.42. The highest BCUT2D eigenvalue weighted by atomic mass is 16.5. The van der Waals surface area contributed by atoms with Gasteiger partial charge < -0.3 is 4.74 Å². The van der Waals surface area contributed by atoms with E-state index in [-0.39, 0.29) is 12.0 Å². The maximum absolute atomic E-state index is 10.5. The third-order valence-corrected chi connectivity index (χ3v) is 1.30. The number of hydrogen-bond acceptors (Lipinski definition) is 4. The molecular weight excluding hydrogens is 170 g/mol. The molecule has 0 bridgehead atoms. The van der Waals surface area contributed by atoms with Crippen molar-refractivity contribution >= 4 is 12.3 Å². The molecule has 0 saturated carbocycles. The molecule has 4 heteroatoms. The lowest BCUT2D eigenvalue weighted by Crippen LogP contribution is -2.08. The number of aldehydes is 1. The molecule has 0 atom stereocenters. The Morgan fingerprint density at radius 2 is 2.00 bits per heavy atom. The summed E-state index contributed by atoms with van der Waals surface area (Å²) in [4.78, 5) is 20.4. The minimum absolute atomic E-state index is 0.0816. The maximum Gasteiger partial charge on any atom is 0.376 e. The number of ether oxygens (including phenoxy) is 1. The average molecular weight is 175 g/mol. The van der Waals surface area contributed by atoms with Crippen LogP contribution >= 0.6 is 0 Å². The largest absolute Gasteiger partial charge is 0.421 e. The van der Waals surface area contributed by atoms with Crippen molar-refractivity contribution in [3.8, 4) is 11.8 Å². The Balaban J connectivity index is 2.76. The maximum atomic E-state index is 10.5. The molecule has 0 fully saturated rings. The first-order valence-electron chi connectivity index (χ1n) is 3.43. The highest BCUT2D eigenvalue weighted by Gasteiger charge is 2.01. The Kier molecular flexibility index (Phi) is 2.77. The number of nitriles is 1. The number of nitrogens with zero attached hydrogens (tertiary/aromatic N) is 1. The number of benzene rings is 1. The van der Waals surface area contributed by atoms with Gasteiger partial charge in [0, 0.05) is 0 Å². The van der Waals surface area contributed by atoms with Gasteiger partial charge in [0.15, 0.2) is 0 Å². The van der Waals surface area contributed by atoms with Crippen molar-refractivity contribution < 1.29 is 14.3 Å². The number of hydrogen-bond donors (Lipinski definition) is 0. The monoisotopic (exact) mass is 175 g/mol. The molecule has 1 aromatic rings. The first-order valence-corrected chi connectivity index (χ1v) is 3.43. The standard InChI is InChI=1S/C9H5NO3/c10-5-7-1-3-8(4-2-7)13-9(12)6-11/h1-4,6H. The summed E-state index contributed by atoms with van der Waals surface area (Å²) in [5.74, 6) is -0.708. The average Bonchev–Trinajstić information content (AvgIpc) is 2.19. The molecule has 0 amide bonds. The Hall–Kier alpha value is -2.15. The minimum atomic E-state index is -0.954. The molecule has 4 nitrogen and oxygen atoms in total. The predicted octanol–water partition coefficient (Wildman–Crippen LogP) is 0.663. The zero-order valence-electron chi connectivity index (χ0n) is 6.56. The molecule has 0 aliphatic rings. The Morgan fingerprint density at radius 1 is 1.38 bits per heavy atom. The van der Waals surface area contributed by atoms with Gasteiger partial charge in [0.05, 0.1) is 11.6 Å². The van der Waals surface area contributed by atoms with Gasteiger partial charge in [-0.3, -0.25) is 4.79 Å². The van der Waals surface area contributed by atoms with E-state index in [1.807, 2.05) is 6.07 Å². The van der Waals surface area contributed by atoms with E-state index in [1.165, 1.54) is 24.3 Å². The summed E-state index contributed by atoms with van der Waals surface area (Å²) in [6.07, 6.45) is 0.0816. The first kappa shape index (κ1) is 8.94. The third-order valence-electron chi connectivity index (χ3n) is 1.30. The van der Waals surface area contributed by atoms with Gasteiger partial charge in [0.25, 0.3) is 0 Å². The summed E-state index contributed by atoms with van der Waals surface area (Å²) >= 11 is 0. The second kappa shape index (κ2) is 4.02. The van der Waals surface area contributed by atoms with Crippen LogP contribution in [-0.4, -0.2) is 12.3 Å². The smallest absolute Gasteiger partial charge is 0.376 e. The molecule has 0 aromatic heterocycles. The van der Waals surface area contributed by atoms with Crippen molar-refractivity contribution in [2.45, 2.75) is 0 Å². The molecule has 0 radical (unpaired) electrons. The van der Waals surface area contributed by atoms with Crippen LogP contribution < -0.4 is 4.74 Å². The van der Waals surface area contributed by atoms with Crippen LogP contribution in [0.3, 0.4) is 0 Å². The normalized spacial score (nSPS) is 8.54. The van der Waals surface area contributed by atoms with Gasteiger partial charge in [0.1, 0.15) is 5.75 Å². The van der Waals surface area contributed by atoms with E-state index in [4.69, 9.17) is 5.26 Å². The number of carbonyl (C=O) groups is 2. The minimum Gasteiger partial charge on any atom is -0.421 e. The molecule has 13 heavy (non-hydrogen) atoms. The number of rotatable bonds is 2. The van der Waals surface area contributed by atoms with Gasteiger partial charge in [-0.05, 0) is 24.3 Å². The van der Waals surface area contributed by atoms with Crippen LogP contribution in [0.5, 0.6) is 5.75 Å².